The molecule has 0 saturated carbocycles. The quantitative estimate of drug-likeness (QED) is 0.418. The van der Waals surface area contributed by atoms with Crippen LogP contribution in [0.3, 0.4) is 0 Å². The molecule has 1 fully saturated rings. The lowest BCUT2D eigenvalue weighted by molar-refractivity contribution is -0.142. The Morgan fingerprint density at radius 2 is 2.00 bits per heavy atom. The van der Waals surface area contributed by atoms with E-state index in [-0.39, 0.29) is 5.79 Å². The lowest BCUT2D eigenvalue weighted by Gasteiger charge is -2.20. The van der Waals surface area contributed by atoms with Gasteiger partial charge in [0.2, 0.25) is 0 Å². The van der Waals surface area contributed by atoms with Crippen molar-refractivity contribution < 1.29 is 9.47 Å². The molecule has 0 amide bonds. The molecule has 1 aliphatic heterocycles. The van der Waals surface area contributed by atoms with Crippen molar-refractivity contribution in [3.05, 3.63) is 0 Å². The third-order valence-electron chi connectivity index (χ3n) is 1.45. The van der Waals surface area contributed by atoms with Crippen molar-refractivity contribution in [3.63, 3.8) is 0 Å². The van der Waals surface area contributed by atoms with Crippen molar-refractivity contribution in [2.24, 2.45) is 0 Å². The van der Waals surface area contributed by atoms with Crippen LogP contribution in [0.1, 0.15) is 13.3 Å². The maximum atomic E-state index is 5.35. The zero-order valence-corrected chi connectivity index (χ0v) is 7.68. The monoisotopic (exact) mass is 246 g/mol. The molecule has 0 unspecified atom stereocenters. The first kappa shape index (κ1) is 7.75. The van der Waals surface area contributed by atoms with Gasteiger partial charge in [-0.3, -0.25) is 0 Å². The van der Waals surface area contributed by atoms with Crippen molar-refractivity contribution in [3.8, 4) is 0 Å². The van der Waals surface area contributed by atoms with Crippen molar-refractivity contribution in [1.29, 1.82) is 0 Å². The van der Waals surface area contributed by atoms with Gasteiger partial charge in [0.15, 0.2) is 5.79 Å². The first-order chi connectivity index (χ1) is 4.27. The summed E-state index contributed by atoms with van der Waals surface area (Å²) in [6.45, 7) is 3.51. The molecular formula is C6H11IO2. The predicted octanol–water partition coefficient (Wildman–Crippen LogP) is 1.57. The molecule has 1 heterocycles. The van der Waals surface area contributed by atoms with Crippen LogP contribution in [0.5, 0.6) is 0 Å². The molecule has 0 atom stereocenters. The van der Waals surface area contributed by atoms with Gasteiger partial charge in [0, 0.05) is 10.8 Å². The normalized spacial score (nSPS) is 24.7. The second-order valence-corrected chi connectivity index (χ2v) is 3.35. The molecule has 0 N–H and O–H groups in total. The molecular weight excluding hydrogens is 235 g/mol. The van der Waals surface area contributed by atoms with Gasteiger partial charge in [-0.05, 0) is 6.92 Å². The van der Waals surface area contributed by atoms with Crippen molar-refractivity contribution in [1.82, 2.24) is 0 Å². The third kappa shape index (κ3) is 2.05. The van der Waals surface area contributed by atoms with Gasteiger partial charge in [0.05, 0.1) is 13.2 Å². The molecule has 0 aliphatic carbocycles. The SMILES string of the molecule is [13CH3][13C]1([13CH2][13CH2]I)OCCO1. The Kier molecular flexibility index (Phi) is 2.73. The molecule has 0 radical (unpaired) electrons. The lowest BCUT2D eigenvalue weighted by atomic mass is 10.8. The Labute approximate surface area is 69.0 Å². The lowest BCUT2D eigenvalue weighted by Crippen LogP contribution is -2.25. The minimum atomic E-state index is -0.263. The molecule has 0 spiro atoms. The molecule has 3 heteroatoms. The van der Waals surface area contributed by atoms with Crippen LogP contribution in [0.25, 0.3) is 0 Å². The van der Waals surface area contributed by atoms with Gasteiger partial charge in [-0.1, -0.05) is 22.6 Å². The Morgan fingerprint density at radius 3 is 2.44 bits per heavy atom. The zero-order chi connectivity index (χ0) is 6.74. The second-order valence-electron chi connectivity index (χ2n) is 2.27. The second kappa shape index (κ2) is 3.16. The van der Waals surface area contributed by atoms with Crippen molar-refractivity contribution in [2.75, 3.05) is 17.6 Å². The smallest absolute Gasteiger partial charge is 0.166 e. The fraction of sp³-hybridized carbons (Fsp3) is 1.00. The van der Waals surface area contributed by atoms with E-state index in [0.717, 1.165) is 24.1 Å². The summed E-state index contributed by atoms with van der Waals surface area (Å²) in [5, 5.41) is 0. The molecule has 9 heavy (non-hydrogen) atoms. The van der Waals surface area contributed by atoms with E-state index in [9.17, 15) is 0 Å². The van der Waals surface area contributed by atoms with E-state index in [0.29, 0.717) is 0 Å². The molecule has 1 saturated heterocycles. The molecule has 0 bridgehead atoms. The molecule has 0 aromatic rings. The highest BCUT2D eigenvalue weighted by Crippen LogP contribution is 2.22. The van der Waals surface area contributed by atoms with E-state index in [1.807, 2.05) is 6.92 Å². The van der Waals surface area contributed by atoms with E-state index in [4.69, 9.17) is 9.47 Å². The number of halogens is 1. The topological polar surface area (TPSA) is 18.5 Å². The average molecular weight is 246 g/mol. The van der Waals surface area contributed by atoms with Crippen LogP contribution in [0, 0.1) is 0 Å². The summed E-state index contributed by atoms with van der Waals surface area (Å²) in [5.74, 6) is -0.263. The van der Waals surface area contributed by atoms with E-state index in [1.54, 1.807) is 0 Å². The van der Waals surface area contributed by atoms with Crippen LogP contribution in [-0.4, -0.2) is 23.4 Å². The summed E-state index contributed by atoms with van der Waals surface area (Å²) in [7, 11) is 0. The van der Waals surface area contributed by atoms with Crippen molar-refractivity contribution in [2.45, 2.75) is 19.1 Å². The first-order valence-electron chi connectivity index (χ1n) is 3.11. The summed E-state index contributed by atoms with van der Waals surface area (Å²) < 4.78 is 11.8. The fourth-order valence-electron chi connectivity index (χ4n) is 0.873. The van der Waals surface area contributed by atoms with Gasteiger partial charge in [-0.25, -0.2) is 0 Å². The van der Waals surface area contributed by atoms with E-state index >= 15 is 0 Å². The van der Waals surface area contributed by atoms with Crippen LogP contribution in [-0.2, 0) is 9.47 Å². The molecule has 0 aromatic heterocycles. The Balaban J connectivity index is 2.32. The number of hydrogen-bond donors (Lipinski definition) is 0. The fourth-order valence-corrected chi connectivity index (χ4v) is 1.85. The Morgan fingerprint density at radius 1 is 1.44 bits per heavy atom. The maximum absolute atomic E-state index is 5.35. The summed E-state index contributed by atoms with van der Waals surface area (Å²) in [4.78, 5) is 0. The molecule has 0 aromatic carbocycles. The van der Waals surface area contributed by atoms with Gasteiger partial charge >= 0.3 is 0 Å². The van der Waals surface area contributed by atoms with E-state index in [2.05, 4.69) is 22.6 Å². The van der Waals surface area contributed by atoms with Crippen LogP contribution in [0.4, 0.5) is 0 Å². The van der Waals surface area contributed by atoms with E-state index in [1.165, 1.54) is 0 Å². The summed E-state index contributed by atoms with van der Waals surface area (Å²) >= 11 is 2.33. The van der Waals surface area contributed by atoms with Gasteiger partial charge in [0.25, 0.3) is 0 Å². The van der Waals surface area contributed by atoms with E-state index < -0.39 is 0 Å². The highest BCUT2D eigenvalue weighted by molar-refractivity contribution is 14.1. The minimum Gasteiger partial charge on any atom is -0.348 e. The number of ether oxygens (including phenoxy) is 2. The Bertz CT molecular complexity index is 89.1. The summed E-state index contributed by atoms with van der Waals surface area (Å²) in [6.07, 6.45) is 0.994. The maximum Gasteiger partial charge on any atom is 0.166 e. The zero-order valence-electron chi connectivity index (χ0n) is 5.52. The van der Waals surface area contributed by atoms with Crippen LogP contribution >= 0.6 is 22.6 Å². The standard InChI is InChI=1S/C6H11IO2/c1-6(2-3-7)8-4-5-9-6/h2-5H2,1H3/i1+1,2+1,3+1,6+1. The van der Waals surface area contributed by atoms with Gasteiger partial charge in [-0.2, -0.15) is 0 Å². The predicted molar refractivity (Wildman–Crippen MR) is 43.8 cm³/mol. The molecule has 2 nitrogen and oxygen atoms in total. The minimum absolute atomic E-state index is 0.263. The van der Waals surface area contributed by atoms with Crippen molar-refractivity contribution >= 4 is 22.6 Å². The van der Waals surface area contributed by atoms with Gasteiger partial charge in [0.1, 0.15) is 0 Å². The molecule has 54 valence electrons. The highest BCUT2D eigenvalue weighted by atomic mass is 127. The summed E-state index contributed by atoms with van der Waals surface area (Å²) in [6, 6.07) is 0. The number of rotatable bonds is 2. The number of hydrogen-bond acceptors (Lipinski definition) is 2. The first-order valence-corrected chi connectivity index (χ1v) is 4.63. The Hall–Kier alpha value is 0.650. The van der Waals surface area contributed by atoms with Gasteiger partial charge < -0.3 is 9.47 Å². The molecule has 1 aliphatic rings. The number of alkyl halides is 1. The van der Waals surface area contributed by atoms with Crippen LogP contribution in [0.15, 0.2) is 0 Å². The largest absolute Gasteiger partial charge is 0.348 e. The molecule has 1 rings (SSSR count). The average Bonchev–Trinajstić information content (AvgIpc) is 2.16. The van der Waals surface area contributed by atoms with Crippen LogP contribution in [0.2, 0.25) is 0 Å². The highest BCUT2D eigenvalue weighted by Gasteiger charge is 2.29. The van der Waals surface area contributed by atoms with Gasteiger partial charge in [-0.15, -0.1) is 0 Å². The summed E-state index contributed by atoms with van der Waals surface area (Å²) in [5.41, 5.74) is 0. The van der Waals surface area contributed by atoms with Crippen LogP contribution < -0.4 is 0 Å². The third-order valence-corrected chi connectivity index (χ3v) is 1.99.